The Kier molecular flexibility index (Phi) is 2.33. The highest BCUT2D eigenvalue weighted by Crippen LogP contribution is 2.27. The molecule has 14 heavy (non-hydrogen) atoms. The third-order valence-electron chi connectivity index (χ3n) is 1.86. The minimum atomic E-state index is 0.306. The minimum Gasteiger partial charge on any atom is -0.382 e. The van der Waals surface area contributed by atoms with Gasteiger partial charge in [0.25, 0.3) is 0 Å². The van der Waals surface area contributed by atoms with Gasteiger partial charge in [-0.3, -0.25) is 0 Å². The Bertz CT molecular complexity index is 442. The van der Waals surface area contributed by atoms with E-state index in [-0.39, 0.29) is 0 Å². The normalized spacial score (nSPS) is 10.1. The van der Waals surface area contributed by atoms with E-state index in [1.54, 1.807) is 0 Å². The number of rotatable bonds is 1. The zero-order chi connectivity index (χ0) is 9.97. The summed E-state index contributed by atoms with van der Waals surface area (Å²) >= 11 is 5.98. The lowest BCUT2D eigenvalue weighted by molar-refractivity contribution is 1.18. The molecule has 0 saturated carbocycles. The zero-order valence-corrected chi connectivity index (χ0v) is 8.07. The first kappa shape index (κ1) is 8.97. The van der Waals surface area contributed by atoms with Crippen molar-refractivity contribution < 1.29 is 0 Å². The monoisotopic (exact) mass is 205 g/mol. The molecule has 2 aromatic rings. The summed E-state index contributed by atoms with van der Waals surface area (Å²) in [6.07, 6.45) is 1.41. The molecule has 70 valence electrons. The van der Waals surface area contributed by atoms with Crippen LogP contribution in [-0.4, -0.2) is 9.97 Å². The molecule has 2 rings (SSSR count). The number of anilines is 1. The van der Waals surface area contributed by atoms with Crippen LogP contribution < -0.4 is 5.73 Å². The smallest absolute Gasteiger partial charge is 0.146 e. The SMILES string of the molecule is Nc1ncnc(-c2ccccc2)c1Cl. The maximum absolute atomic E-state index is 5.98. The van der Waals surface area contributed by atoms with Crippen molar-refractivity contribution in [2.75, 3.05) is 5.73 Å². The molecular formula is C10H8ClN3. The Hall–Kier alpha value is -1.61. The fourth-order valence-electron chi connectivity index (χ4n) is 1.18. The average molecular weight is 206 g/mol. The van der Waals surface area contributed by atoms with Gasteiger partial charge in [-0.15, -0.1) is 0 Å². The quantitative estimate of drug-likeness (QED) is 0.778. The Morgan fingerprint density at radius 1 is 1.07 bits per heavy atom. The Balaban J connectivity index is 2.58. The largest absolute Gasteiger partial charge is 0.382 e. The van der Waals surface area contributed by atoms with Gasteiger partial charge in [0.1, 0.15) is 17.2 Å². The van der Waals surface area contributed by atoms with E-state index in [2.05, 4.69) is 9.97 Å². The molecule has 0 aliphatic rings. The third kappa shape index (κ3) is 1.54. The van der Waals surface area contributed by atoms with E-state index in [1.807, 2.05) is 30.3 Å². The van der Waals surface area contributed by atoms with Crippen LogP contribution in [0.25, 0.3) is 11.3 Å². The van der Waals surface area contributed by atoms with Crippen molar-refractivity contribution in [2.45, 2.75) is 0 Å². The predicted octanol–water partition coefficient (Wildman–Crippen LogP) is 2.38. The van der Waals surface area contributed by atoms with E-state index >= 15 is 0 Å². The minimum absolute atomic E-state index is 0.306. The molecule has 0 fully saturated rings. The van der Waals surface area contributed by atoms with E-state index in [0.717, 1.165) is 5.56 Å². The third-order valence-corrected chi connectivity index (χ3v) is 2.24. The summed E-state index contributed by atoms with van der Waals surface area (Å²) < 4.78 is 0. The average Bonchev–Trinajstić information content (AvgIpc) is 2.23. The van der Waals surface area contributed by atoms with Crippen molar-refractivity contribution in [3.8, 4) is 11.3 Å². The molecule has 0 bridgehead atoms. The van der Waals surface area contributed by atoms with Crippen LogP contribution in [-0.2, 0) is 0 Å². The first-order valence-electron chi connectivity index (χ1n) is 4.10. The highest BCUT2D eigenvalue weighted by Gasteiger charge is 2.07. The van der Waals surface area contributed by atoms with Crippen LogP contribution in [0.3, 0.4) is 0 Å². The number of nitrogens with zero attached hydrogens (tertiary/aromatic N) is 2. The molecule has 0 radical (unpaired) electrons. The van der Waals surface area contributed by atoms with Gasteiger partial charge in [0, 0.05) is 5.56 Å². The molecule has 0 aliphatic carbocycles. The predicted molar refractivity (Wildman–Crippen MR) is 56.9 cm³/mol. The molecular weight excluding hydrogens is 198 g/mol. The van der Waals surface area contributed by atoms with Crippen LogP contribution in [0, 0.1) is 0 Å². The summed E-state index contributed by atoms with van der Waals surface area (Å²) in [5.74, 6) is 0.306. The Morgan fingerprint density at radius 3 is 2.50 bits per heavy atom. The molecule has 0 saturated heterocycles. The molecule has 4 heteroatoms. The summed E-state index contributed by atoms with van der Waals surface area (Å²) in [5.41, 5.74) is 7.18. The van der Waals surface area contributed by atoms with Gasteiger partial charge in [-0.05, 0) is 0 Å². The van der Waals surface area contributed by atoms with E-state index in [4.69, 9.17) is 17.3 Å². The topological polar surface area (TPSA) is 51.8 Å². The van der Waals surface area contributed by atoms with Crippen molar-refractivity contribution >= 4 is 17.4 Å². The van der Waals surface area contributed by atoms with Gasteiger partial charge in [0.05, 0.1) is 5.69 Å². The van der Waals surface area contributed by atoms with E-state index in [1.165, 1.54) is 6.33 Å². The van der Waals surface area contributed by atoms with Crippen molar-refractivity contribution in [1.29, 1.82) is 0 Å². The standard InChI is InChI=1S/C10H8ClN3/c11-8-9(13-6-14-10(8)12)7-4-2-1-3-5-7/h1-6H,(H2,12,13,14). The van der Waals surface area contributed by atoms with Gasteiger partial charge < -0.3 is 5.73 Å². The van der Waals surface area contributed by atoms with Gasteiger partial charge in [-0.1, -0.05) is 41.9 Å². The summed E-state index contributed by atoms with van der Waals surface area (Å²) in [6, 6.07) is 9.62. The van der Waals surface area contributed by atoms with Crippen molar-refractivity contribution in [3.63, 3.8) is 0 Å². The van der Waals surface area contributed by atoms with Crippen molar-refractivity contribution in [2.24, 2.45) is 0 Å². The number of halogens is 1. The van der Waals surface area contributed by atoms with Gasteiger partial charge >= 0.3 is 0 Å². The Morgan fingerprint density at radius 2 is 1.79 bits per heavy atom. The van der Waals surface area contributed by atoms with Gasteiger partial charge in [-0.25, -0.2) is 9.97 Å². The van der Waals surface area contributed by atoms with E-state index in [0.29, 0.717) is 16.5 Å². The fraction of sp³-hybridized carbons (Fsp3) is 0. The number of aromatic nitrogens is 2. The van der Waals surface area contributed by atoms with Crippen LogP contribution in [0.4, 0.5) is 5.82 Å². The van der Waals surface area contributed by atoms with Crippen LogP contribution >= 0.6 is 11.6 Å². The molecule has 2 N–H and O–H groups in total. The van der Waals surface area contributed by atoms with E-state index in [9.17, 15) is 0 Å². The zero-order valence-electron chi connectivity index (χ0n) is 7.31. The maximum Gasteiger partial charge on any atom is 0.146 e. The van der Waals surface area contributed by atoms with Crippen LogP contribution in [0.2, 0.25) is 5.02 Å². The van der Waals surface area contributed by atoms with Crippen LogP contribution in [0.15, 0.2) is 36.7 Å². The highest BCUT2D eigenvalue weighted by atomic mass is 35.5. The molecule has 0 aliphatic heterocycles. The van der Waals surface area contributed by atoms with E-state index < -0.39 is 0 Å². The van der Waals surface area contributed by atoms with Gasteiger partial charge in [-0.2, -0.15) is 0 Å². The molecule has 0 atom stereocenters. The Labute approximate surface area is 86.6 Å². The second-order valence-electron chi connectivity index (χ2n) is 2.79. The van der Waals surface area contributed by atoms with Crippen LogP contribution in [0.5, 0.6) is 0 Å². The number of nitrogen functional groups attached to an aromatic ring is 1. The second kappa shape index (κ2) is 3.64. The lowest BCUT2D eigenvalue weighted by Crippen LogP contribution is -1.95. The summed E-state index contributed by atoms with van der Waals surface area (Å²) in [7, 11) is 0. The molecule has 1 heterocycles. The lowest BCUT2D eigenvalue weighted by Gasteiger charge is -2.03. The summed E-state index contributed by atoms with van der Waals surface area (Å²) in [5, 5.41) is 0.402. The first-order valence-corrected chi connectivity index (χ1v) is 4.48. The molecule has 1 aromatic heterocycles. The number of nitrogens with two attached hydrogens (primary N) is 1. The molecule has 1 aromatic carbocycles. The molecule has 0 unspecified atom stereocenters. The molecule has 0 spiro atoms. The van der Waals surface area contributed by atoms with Gasteiger partial charge in [0.2, 0.25) is 0 Å². The van der Waals surface area contributed by atoms with Crippen molar-refractivity contribution in [1.82, 2.24) is 9.97 Å². The first-order chi connectivity index (χ1) is 6.79. The highest BCUT2D eigenvalue weighted by molar-refractivity contribution is 6.35. The fourth-order valence-corrected chi connectivity index (χ4v) is 1.39. The number of hydrogen-bond donors (Lipinski definition) is 1. The molecule has 3 nitrogen and oxygen atoms in total. The van der Waals surface area contributed by atoms with Crippen LogP contribution in [0.1, 0.15) is 0 Å². The second-order valence-corrected chi connectivity index (χ2v) is 3.17. The van der Waals surface area contributed by atoms with Crippen molar-refractivity contribution in [3.05, 3.63) is 41.7 Å². The van der Waals surface area contributed by atoms with Gasteiger partial charge in [0.15, 0.2) is 0 Å². The number of benzene rings is 1. The number of hydrogen-bond acceptors (Lipinski definition) is 3. The summed E-state index contributed by atoms with van der Waals surface area (Å²) in [6.45, 7) is 0. The maximum atomic E-state index is 5.98. The molecule has 0 amide bonds. The summed E-state index contributed by atoms with van der Waals surface area (Å²) in [4.78, 5) is 7.89. The lowest BCUT2D eigenvalue weighted by atomic mass is 10.1.